The van der Waals surface area contributed by atoms with Crippen molar-refractivity contribution in [1.29, 1.82) is 0 Å². The molecule has 1 aliphatic heterocycles. The molecule has 0 bridgehead atoms. The van der Waals surface area contributed by atoms with Gasteiger partial charge in [-0.3, -0.25) is 9.69 Å². The number of carboxylic acid groups (broad SMARTS) is 1. The molecule has 3 rings (SSSR count). The van der Waals surface area contributed by atoms with Gasteiger partial charge in [-0.15, -0.1) is 0 Å². The lowest BCUT2D eigenvalue weighted by Gasteiger charge is -2.42. The van der Waals surface area contributed by atoms with Crippen LogP contribution in [0.2, 0.25) is 0 Å². The topological polar surface area (TPSA) is 88.5 Å². The summed E-state index contributed by atoms with van der Waals surface area (Å²) in [6.07, 6.45) is 14.2. The summed E-state index contributed by atoms with van der Waals surface area (Å²) >= 11 is 0. The van der Waals surface area contributed by atoms with Crippen LogP contribution in [0, 0.1) is 11.7 Å². The van der Waals surface area contributed by atoms with Crippen LogP contribution in [-0.4, -0.2) is 81.7 Å². The Kier molecular flexibility index (Phi) is 15.5. The van der Waals surface area contributed by atoms with Gasteiger partial charge in [0.2, 0.25) is 6.41 Å². The molecule has 1 aromatic carbocycles. The Hall–Kier alpha value is -4.02. The number of halogens is 2. The molecule has 1 saturated heterocycles. The molecule has 0 aromatic heterocycles. The first-order valence-corrected chi connectivity index (χ1v) is 15.1. The van der Waals surface area contributed by atoms with Crippen molar-refractivity contribution in [1.82, 2.24) is 4.90 Å². The first-order chi connectivity index (χ1) is 21.7. The highest BCUT2D eigenvalue weighted by atomic mass is 19.1. The fourth-order valence-corrected chi connectivity index (χ4v) is 5.31. The lowest BCUT2D eigenvalue weighted by atomic mass is 9.90. The number of aromatic carboxylic acids is 1. The van der Waals surface area contributed by atoms with Crippen molar-refractivity contribution in [3.63, 3.8) is 0 Å². The first kappa shape index (κ1) is 37.2. The molecule has 0 radical (unpaired) electrons. The Morgan fingerprint density at radius 1 is 1.22 bits per heavy atom. The second kappa shape index (κ2) is 18.7. The maximum atomic E-state index is 14.7. The highest BCUT2D eigenvalue weighted by Gasteiger charge is 2.37. The van der Waals surface area contributed by atoms with Gasteiger partial charge in [0.05, 0.1) is 43.0 Å². The van der Waals surface area contributed by atoms with Gasteiger partial charge in [0.1, 0.15) is 24.0 Å². The number of nitrogens with zero attached hydrogens (tertiary/aromatic N) is 2. The van der Waals surface area contributed by atoms with E-state index in [2.05, 4.69) is 11.5 Å². The second-order valence-electron chi connectivity index (χ2n) is 10.3. The van der Waals surface area contributed by atoms with Gasteiger partial charge >= 0.3 is 5.97 Å². The van der Waals surface area contributed by atoms with Crippen molar-refractivity contribution in [3.8, 4) is 0 Å². The van der Waals surface area contributed by atoms with Crippen molar-refractivity contribution in [2.24, 2.45) is 5.92 Å². The largest absolute Gasteiger partial charge is 0.497 e. The molecule has 1 unspecified atom stereocenters. The summed E-state index contributed by atoms with van der Waals surface area (Å²) in [5.74, 6) is -0.985. The molecule has 0 spiro atoms. The molecule has 1 heterocycles. The predicted octanol–water partition coefficient (Wildman–Crippen LogP) is 6.64. The van der Waals surface area contributed by atoms with Gasteiger partial charge in [0, 0.05) is 26.7 Å². The zero-order valence-electron chi connectivity index (χ0n) is 26.9. The number of benzene rings is 1. The SMILES string of the molecule is C=C/C=C(\C=C/CF)C1C=C(OC)C=C(CN2CCC(CN(C=O)c3ccc(C(=O)O)cc3F)(OC)CC2)C=C1OCC.CC. The molecule has 8 nitrogen and oxygen atoms in total. The van der Waals surface area contributed by atoms with Gasteiger partial charge in [-0.1, -0.05) is 44.7 Å². The highest BCUT2D eigenvalue weighted by Crippen LogP contribution is 2.33. The minimum Gasteiger partial charge on any atom is -0.497 e. The summed E-state index contributed by atoms with van der Waals surface area (Å²) in [6.45, 7) is 11.6. The van der Waals surface area contributed by atoms with E-state index < -0.39 is 24.1 Å². The Morgan fingerprint density at radius 2 is 1.93 bits per heavy atom. The summed E-state index contributed by atoms with van der Waals surface area (Å²) in [7, 11) is 3.18. The van der Waals surface area contributed by atoms with Crippen LogP contribution < -0.4 is 4.90 Å². The van der Waals surface area contributed by atoms with Crippen LogP contribution in [0.3, 0.4) is 0 Å². The average molecular weight is 629 g/mol. The number of carboxylic acids is 1. The van der Waals surface area contributed by atoms with Gasteiger partial charge in [0.15, 0.2) is 0 Å². The molecule has 246 valence electrons. The normalized spacial score (nSPS) is 18.4. The van der Waals surface area contributed by atoms with E-state index in [-0.39, 0.29) is 23.7 Å². The molecule has 2 aliphatic rings. The van der Waals surface area contributed by atoms with E-state index in [0.29, 0.717) is 57.0 Å². The molecule has 10 heteroatoms. The van der Waals surface area contributed by atoms with Crippen LogP contribution in [0.15, 0.2) is 90.0 Å². The van der Waals surface area contributed by atoms with E-state index >= 15 is 0 Å². The molecule has 1 amide bonds. The third-order valence-electron chi connectivity index (χ3n) is 7.60. The summed E-state index contributed by atoms with van der Waals surface area (Å²) < 4.78 is 45.3. The maximum absolute atomic E-state index is 14.7. The number of amides is 1. The number of hydrogen-bond acceptors (Lipinski definition) is 6. The molecule has 1 N–H and O–H groups in total. The number of anilines is 1. The van der Waals surface area contributed by atoms with Crippen molar-refractivity contribution < 1.29 is 37.7 Å². The van der Waals surface area contributed by atoms with E-state index in [1.807, 2.05) is 45.1 Å². The molecule has 1 fully saturated rings. The Bertz CT molecular complexity index is 1310. The van der Waals surface area contributed by atoms with E-state index in [1.165, 1.54) is 23.1 Å². The predicted molar refractivity (Wildman–Crippen MR) is 173 cm³/mol. The molecular formula is C35H46F2N2O6. The van der Waals surface area contributed by atoms with Gasteiger partial charge in [-0.25, -0.2) is 13.6 Å². The van der Waals surface area contributed by atoms with E-state index in [9.17, 15) is 18.4 Å². The number of carbonyl (C=O) groups excluding carboxylic acids is 1. The van der Waals surface area contributed by atoms with Crippen LogP contribution >= 0.6 is 0 Å². The summed E-state index contributed by atoms with van der Waals surface area (Å²) in [6, 6.07) is 3.47. The lowest BCUT2D eigenvalue weighted by molar-refractivity contribution is -0.109. The lowest BCUT2D eigenvalue weighted by Crippen LogP contribution is -2.52. The Labute approximate surface area is 265 Å². The molecule has 1 atom stereocenters. The fraction of sp³-hybridized carbons (Fsp3) is 0.429. The number of piperidine rings is 1. The van der Waals surface area contributed by atoms with Crippen molar-refractivity contribution in [3.05, 3.63) is 101 Å². The molecule has 45 heavy (non-hydrogen) atoms. The van der Waals surface area contributed by atoms with Gasteiger partial charge in [-0.2, -0.15) is 0 Å². The summed E-state index contributed by atoms with van der Waals surface area (Å²) in [4.78, 5) is 26.7. The zero-order chi connectivity index (χ0) is 33.4. The smallest absolute Gasteiger partial charge is 0.335 e. The number of rotatable bonds is 15. The van der Waals surface area contributed by atoms with Crippen LogP contribution in [-0.2, 0) is 19.0 Å². The summed E-state index contributed by atoms with van der Waals surface area (Å²) in [5, 5.41) is 9.13. The van der Waals surface area contributed by atoms with E-state index in [1.54, 1.807) is 26.4 Å². The van der Waals surface area contributed by atoms with Crippen LogP contribution in [0.4, 0.5) is 14.5 Å². The molecular weight excluding hydrogens is 582 g/mol. The average Bonchev–Trinajstić information content (AvgIpc) is 3.22. The maximum Gasteiger partial charge on any atom is 0.335 e. The number of likely N-dealkylation sites (tertiary alicyclic amines) is 1. The van der Waals surface area contributed by atoms with Gasteiger partial charge < -0.3 is 24.2 Å². The minimum atomic E-state index is -1.25. The molecule has 1 aliphatic carbocycles. The van der Waals surface area contributed by atoms with Crippen molar-refractivity contribution in [2.75, 3.05) is 58.6 Å². The van der Waals surface area contributed by atoms with E-state index in [4.69, 9.17) is 19.3 Å². The molecule has 1 aromatic rings. The zero-order valence-corrected chi connectivity index (χ0v) is 26.9. The number of hydrogen-bond donors (Lipinski definition) is 1. The van der Waals surface area contributed by atoms with Crippen LogP contribution in [0.25, 0.3) is 0 Å². The van der Waals surface area contributed by atoms with Crippen molar-refractivity contribution >= 4 is 18.1 Å². The quantitative estimate of drug-likeness (QED) is 0.172. The minimum absolute atomic E-state index is 0.00396. The number of carbonyl (C=O) groups is 2. The number of ether oxygens (including phenoxy) is 3. The molecule has 0 saturated carbocycles. The van der Waals surface area contributed by atoms with Gasteiger partial charge in [-0.05, 0) is 67.3 Å². The van der Waals surface area contributed by atoms with Crippen LogP contribution in [0.5, 0.6) is 0 Å². The van der Waals surface area contributed by atoms with Gasteiger partial charge in [0.25, 0.3) is 0 Å². The highest BCUT2D eigenvalue weighted by molar-refractivity contribution is 5.88. The standard InChI is InChI=1S/C33H40F2N2O6.C2H6/c1-5-8-25(9-7-14-34)28-20-27(41-3)17-24(18-31(28)43-6-2)21-36-15-12-33(42-4,13-16-36)22-37(23-38)30-11-10-26(32(39)40)19-29(30)35;1-2/h5,7-11,17-20,23,28H,1,6,12-16,21-22H2,2-4H3,(H,39,40);1-2H3/b9-7-,25-8+;. The Morgan fingerprint density at radius 3 is 2.47 bits per heavy atom. The van der Waals surface area contributed by atoms with Crippen LogP contribution in [0.1, 0.15) is 44.0 Å². The third kappa shape index (κ3) is 10.3. The van der Waals surface area contributed by atoms with E-state index in [0.717, 1.165) is 17.2 Å². The number of methoxy groups -OCH3 is 2. The number of allylic oxidation sites excluding steroid dienone is 6. The summed E-state index contributed by atoms with van der Waals surface area (Å²) in [5.41, 5.74) is 0.864. The fourth-order valence-electron chi connectivity index (χ4n) is 5.31. The third-order valence-corrected chi connectivity index (χ3v) is 7.60. The second-order valence-corrected chi connectivity index (χ2v) is 10.3. The first-order valence-electron chi connectivity index (χ1n) is 15.1. The van der Waals surface area contributed by atoms with Crippen molar-refractivity contribution in [2.45, 2.75) is 39.2 Å². The Balaban J connectivity index is 0.00000345. The monoisotopic (exact) mass is 628 g/mol. The number of alkyl halides is 1.